The average Bonchev–Trinajstić information content (AvgIpc) is 2.67. The normalized spacial score (nSPS) is 11.3. The van der Waals surface area contributed by atoms with Crippen LogP contribution in [-0.4, -0.2) is 43.9 Å². The number of halogens is 1. The van der Waals surface area contributed by atoms with Gasteiger partial charge in [0.25, 0.3) is 0 Å². The van der Waals surface area contributed by atoms with Crippen LogP contribution >= 0.6 is 11.8 Å². The van der Waals surface area contributed by atoms with Gasteiger partial charge >= 0.3 is 0 Å². The molecule has 2 aromatic rings. The zero-order valence-corrected chi connectivity index (χ0v) is 17.0. The van der Waals surface area contributed by atoms with Gasteiger partial charge in [0, 0.05) is 38.3 Å². The van der Waals surface area contributed by atoms with Gasteiger partial charge in [-0.3, -0.25) is 0 Å². The summed E-state index contributed by atoms with van der Waals surface area (Å²) in [4.78, 5) is 12.0. The van der Waals surface area contributed by atoms with Gasteiger partial charge < -0.3 is 15.5 Å². The van der Waals surface area contributed by atoms with Crippen LogP contribution in [0.25, 0.3) is 0 Å². The van der Waals surface area contributed by atoms with Gasteiger partial charge in [0.15, 0.2) is 5.96 Å². The molecule has 0 amide bonds. The quantitative estimate of drug-likeness (QED) is 0.297. The first-order valence-electron chi connectivity index (χ1n) is 9.11. The van der Waals surface area contributed by atoms with E-state index in [1.807, 2.05) is 49.5 Å². The molecular weight excluding hydrogens is 361 g/mol. The number of nitrogens with zero attached hydrogens (tertiary/aromatic N) is 3. The second-order valence-electron chi connectivity index (χ2n) is 6.19. The maximum Gasteiger partial charge on any atom is 0.191 e. The molecule has 0 saturated heterocycles. The molecule has 0 unspecified atom stereocenters. The number of nitrogens with one attached hydrogen (secondary N) is 2. The molecule has 7 heteroatoms. The predicted molar refractivity (Wildman–Crippen MR) is 113 cm³/mol. The zero-order chi connectivity index (χ0) is 19.5. The van der Waals surface area contributed by atoms with Crippen molar-refractivity contribution in [2.24, 2.45) is 4.99 Å². The van der Waals surface area contributed by atoms with E-state index in [9.17, 15) is 4.39 Å². The average molecular weight is 390 g/mol. The summed E-state index contributed by atoms with van der Waals surface area (Å²) in [5.41, 5.74) is 1.12. The fourth-order valence-electron chi connectivity index (χ4n) is 2.32. The molecule has 146 valence electrons. The first kappa shape index (κ1) is 21.0. The number of anilines is 1. The van der Waals surface area contributed by atoms with Gasteiger partial charge in [0.2, 0.25) is 0 Å². The number of aromatic nitrogens is 1. The Hall–Kier alpha value is -2.28. The summed E-state index contributed by atoms with van der Waals surface area (Å²) >= 11 is 1.73. The molecule has 0 aliphatic rings. The van der Waals surface area contributed by atoms with E-state index >= 15 is 0 Å². The van der Waals surface area contributed by atoms with Crippen LogP contribution in [0.5, 0.6) is 0 Å². The molecule has 0 aliphatic heterocycles. The maximum absolute atomic E-state index is 12.9. The molecule has 1 aromatic carbocycles. The van der Waals surface area contributed by atoms with E-state index in [2.05, 4.69) is 27.5 Å². The maximum atomic E-state index is 12.9. The molecule has 0 saturated carbocycles. The molecule has 2 rings (SSSR count). The number of pyridine rings is 1. The van der Waals surface area contributed by atoms with Gasteiger partial charge in [-0.05, 0) is 61.1 Å². The third-order valence-corrected chi connectivity index (χ3v) is 4.83. The summed E-state index contributed by atoms with van der Waals surface area (Å²) in [5, 5.41) is 6.63. The van der Waals surface area contributed by atoms with Gasteiger partial charge in [0.05, 0.1) is 6.54 Å². The third-order valence-electron chi connectivity index (χ3n) is 3.73. The monoisotopic (exact) mass is 389 g/mol. The Morgan fingerprint density at radius 2 is 1.96 bits per heavy atom. The number of rotatable bonds is 9. The van der Waals surface area contributed by atoms with Crippen LogP contribution in [0.15, 0.2) is 52.5 Å². The van der Waals surface area contributed by atoms with Crippen molar-refractivity contribution in [3.63, 3.8) is 0 Å². The Morgan fingerprint density at radius 1 is 1.19 bits per heavy atom. The fraction of sp³-hybridized carbons (Fsp3) is 0.400. The summed E-state index contributed by atoms with van der Waals surface area (Å²) < 4.78 is 12.9. The zero-order valence-electron chi connectivity index (χ0n) is 16.2. The molecule has 0 aliphatic carbocycles. The van der Waals surface area contributed by atoms with Crippen LogP contribution in [0.2, 0.25) is 0 Å². The standard InChI is InChI=1S/C20H28FN5S/c1-4-22-20(25-15-16-10-12-23-19(14-16)26(2)3)24-11-5-13-27-18-8-6-17(21)7-9-18/h6-10,12,14H,4-5,11,13,15H2,1-3H3,(H2,22,24,25). The SMILES string of the molecule is CCNC(=NCc1ccnc(N(C)C)c1)NCCCSc1ccc(F)cc1. The van der Waals surface area contributed by atoms with E-state index in [4.69, 9.17) is 0 Å². The number of hydrogen-bond donors (Lipinski definition) is 2. The van der Waals surface area contributed by atoms with E-state index in [1.54, 1.807) is 11.8 Å². The minimum Gasteiger partial charge on any atom is -0.363 e. The van der Waals surface area contributed by atoms with Crippen molar-refractivity contribution in [2.45, 2.75) is 24.8 Å². The van der Waals surface area contributed by atoms with Gasteiger partial charge in [-0.15, -0.1) is 11.8 Å². The van der Waals surface area contributed by atoms with Crippen LogP contribution in [0.4, 0.5) is 10.2 Å². The highest BCUT2D eigenvalue weighted by molar-refractivity contribution is 7.99. The third kappa shape index (κ3) is 7.86. The lowest BCUT2D eigenvalue weighted by Gasteiger charge is -2.13. The Bertz CT molecular complexity index is 719. The van der Waals surface area contributed by atoms with Crippen molar-refractivity contribution >= 4 is 23.5 Å². The highest BCUT2D eigenvalue weighted by Gasteiger charge is 2.01. The summed E-state index contributed by atoms with van der Waals surface area (Å²) in [5.74, 6) is 2.51. The predicted octanol–water partition coefficient (Wildman–Crippen LogP) is 3.52. The number of guanidine groups is 1. The van der Waals surface area contributed by atoms with E-state index in [-0.39, 0.29) is 5.82 Å². The first-order valence-corrected chi connectivity index (χ1v) is 10.1. The second-order valence-corrected chi connectivity index (χ2v) is 7.36. The van der Waals surface area contributed by atoms with Crippen molar-refractivity contribution in [1.82, 2.24) is 15.6 Å². The van der Waals surface area contributed by atoms with Crippen molar-refractivity contribution in [3.05, 3.63) is 54.0 Å². The van der Waals surface area contributed by atoms with Crippen LogP contribution < -0.4 is 15.5 Å². The molecule has 1 heterocycles. The lowest BCUT2D eigenvalue weighted by molar-refractivity contribution is 0.626. The molecule has 2 N–H and O–H groups in total. The van der Waals surface area contributed by atoms with E-state index in [0.717, 1.165) is 47.5 Å². The van der Waals surface area contributed by atoms with Crippen molar-refractivity contribution in [1.29, 1.82) is 0 Å². The van der Waals surface area contributed by atoms with Gasteiger partial charge in [-0.25, -0.2) is 14.4 Å². The minimum absolute atomic E-state index is 0.195. The Labute approximate surface area is 165 Å². The van der Waals surface area contributed by atoms with Crippen LogP contribution in [0.3, 0.4) is 0 Å². The number of hydrogen-bond acceptors (Lipinski definition) is 4. The molecule has 27 heavy (non-hydrogen) atoms. The van der Waals surface area contributed by atoms with Gasteiger partial charge in [-0.1, -0.05) is 0 Å². The fourth-order valence-corrected chi connectivity index (χ4v) is 3.17. The van der Waals surface area contributed by atoms with Gasteiger partial charge in [0.1, 0.15) is 11.6 Å². The molecular formula is C20H28FN5S. The van der Waals surface area contributed by atoms with E-state index in [0.29, 0.717) is 6.54 Å². The summed E-state index contributed by atoms with van der Waals surface area (Å²) in [7, 11) is 3.95. The topological polar surface area (TPSA) is 52.6 Å². The second kappa shape index (κ2) is 11.4. The molecule has 0 spiro atoms. The van der Waals surface area contributed by atoms with E-state index < -0.39 is 0 Å². The lowest BCUT2D eigenvalue weighted by Crippen LogP contribution is -2.37. The molecule has 0 atom stereocenters. The summed E-state index contributed by atoms with van der Waals surface area (Å²) in [6.45, 7) is 4.30. The Kier molecular flexibility index (Phi) is 8.91. The van der Waals surface area contributed by atoms with E-state index in [1.165, 1.54) is 12.1 Å². The van der Waals surface area contributed by atoms with Gasteiger partial charge in [-0.2, -0.15) is 0 Å². The first-order chi connectivity index (χ1) is 13.1. The Balaban J connectivity index is 1.77. The molecule has 0 fully saturated rings. The lowest BCUT2D eigenvalue weighted by atomic mass is 10.2. The Morgan fingerprint density at radius 3 is 2.67 bits per heavy atom. The highest BCUT2D eigenvalue weighted by atomic mass is 32.2. The van der Waals surface area contributed by atoms with Crippen LogP contribution in [0.1, 0.15) is 18.9 Å². The molecule has 5 nitrogen and oxygen atoms in total. The summed E-state index contributed by atoms with van der Waals surface area (Å²) in [6.07, 6.45) is 2.81. The van der Waals surface area contributed by atoms with Crippen molar-refractivity contribution in [2.75, 3.05) is 37.8 Å². The number of thioether (sulfide) groups is 1. The molecule has 0 bridgehead atoms. The van der Waals surface area contributed by atoms with Crippen molar-refractivity contribution in [3.8, 4) is 0 Å². The molecule has 1 aromatic heterocycles. The minimum atomic E-state index is -0.195. The largest absolute Gasteiger partial charge is 0.363 e. The van der Waals surface area contributed by atoms with Crippen LogP contribution in [-0.2, 0) is 6.54 Å². The summed E-state index contributed by atoms with van der Waals surface area (Å²) in [6, 6.07) is 10.7. The van der Waals surface area contributed by atoms with Crippen molar-refractivity contribution < 1.29 is 4.39 Å². The highest BCUT2D eigenvalue weighted by Crippen LogP contribution is 2.18. The van der Waals surface area contributed by atoms with Crippen LogP contribution in [0, 0.1) is 5.82 Å². The smallest absolute Gasteiger partial charge is 0.191 e. The number of benzene rings is 1. The number of aliphatic imine (C=N–C) groups is 1. The molecule has 0 radical (unpaired) electrons.